The second-order valence-corrected chi connectivity index (χ2v) is 5.40. The molecule has 0 bridgehead atoms. The Morgan fingerprint density at radius 1 is 1.00 bits per heavy atom. The van der Waals surface area contributed by atoms with Gasteiger partial charge in [0.25, 0.3) is 0 Å². The Hall–Kier alpha value is -2.27. The molecule has 106 valence electrons. The van der Waals surface area contributed by atoms with Crippen LogP contribution in [0.2, 0.25) is 0 Å². The molecule has 1 heterocycles. The van der Waals surface area contributed by atoms with Gasteiger partial charge in [-0.15, -0.1) is 10.2 Å². The summed E-state index contributed by atoms with van der Waals surface area (Å²) in [6.45, 7) is 0.722. The van der Waals surface area contributed by atoms with Crippen molar-refractivity contribution in [1.29, 1.82) is 0 Å². The number of rotatable bonds is 4. The van der Waals surface area contributed by atoms with Crippen LogP contribution in [-0.2, 0) is 6.54 Å². The molecule has 0 saturated heterocycles. The molecule has 0 aliphatic rings. The Balaban J connectivity index is 2.02. The molecule has 3 rings (SSSR count). The monoisotopic (exact) mass is 297 g/mol. The summed E-state index contributed by atoms with van der Waals surface area (Å²) in [4.78, 5) is 0. The third-order valence-electron chi connectivity index (χ3n) is 3.21. The standard InChI is InChI=1S/C16H15N3OS/c1-21-16-18-17-15(13-7-9-14(20)10-8-13)19(16)11-12-5-3-2-4-6-12/h2-10,20H,11H2,1H3. The van der Waals surface area contributed by atoms with Crippen molar-refractivity contribution in [2.75, 3.05) is 6.26 Å². The summed E-state index contributed by atoms with van der Waals surface area (Å²) in [7, 11) is 0. The van der Waals surface area contributed by atoms with Gasteiger partial charge in [-0.2, -0.15) is 0 Å². The normalized spacial score (nSPS) is 10.7. The first-order chi connectivity index (χ1) is 10.3. The first-order valence-electron chi connectivity index (χ1n) is 6.58. The van der Waals surface area contributed by atoms with Gasteiger partial charge in [-0.1, -0.05) is 42.1 Å². The third-order valence-corrected chi connectivity index (χ3v) is 3.88. The lowest BCUT2D eigenvalue weighted by Gasteiger charge is -2.09. The summed E-state index contributed by atoms with van der Waals surface area (Å²) >= 11 is 1.57. The van der Waals surface area contributed by atoms with Crippen molar-refractivity contribution in [2.24, 2.45) is 0 Å². The predicted molar refractivity (Wildman–Crippen MR) is 84.4 cm³/mol. The molecule has 1 N–H and O–H groups in total. The second-order valence-electron chi connectivity index (χ2n) is 4.63. The van der Waals surface area contributed by atoms with Crippen LogP contribution >= 0.6 is 11.8 Å². The molecule has 3 aromatic rings. The van der Waals surface area contributed by atoms with E-state index in [1.807, 2.05) is 36.6 Å². The number of aromatic nitrogens is 3. The first kappa shape index (κ1) is 13.7. The van der Waals surface area contributed by atoms with Crippen molar-refractivity contribution in [3.63, 3.8) is 0 Å². The van der Waals surface area contributed by atoms with Crippen LogP contribution in [0.25, 0.3) is 11.4 Å². The van der Waals surface area contributed by atoms with E-state index in [0.717, 1.165) is 23.1 Å². The van der Waals surface area contributed by atoms with Crippen LogP contribution in [0.4, 0.5) is 0 Å². The molecule has 0 fully saturated rings. The summed E-state index contributed by atoms with van der Waals surface area (Å²) in [6.07, 6.45) is 1.99. The van der Waals surface area contributed by atoms with Gasteiger partial charge < -0.3 is 5.11 Å². The van der Waals surface area contributed by atoms with E-state index in [1.54, 1.807) is 23.9 Å². The van der Waals surface area contributed by atoms with E-state index in [4.69, 9.17) is 0 Å². The lowest BCUT2D eigenvalue weighted by atomic mass is 10.2. The predicted octanol–water partition coefficient (Wildman–Crippen LogP) is 3.42. The number of thioether (sulfide) groups is 1. The lowest BCUT2D eigenvalue weighted by molar-refractivity contribution is 0.475. The van der Waals surface area contributed by atoms with E-state index >= 15 is 0 Å². The Morgan fingerprint density at radius 3 is 2.38 bits per heavy atom. The van der Waals surface area contributed by atoms with Crippen molar-refractivity contribution in [1.82, 2.24) is 14.8 Å². The quantitative estimate of drug-likeness (QED) is 0.750. The molecule has 0 amide bonds. The molecule has 0 aliphatic carbocycles. The fraction of sp³-hybridized carbons (Fsp3) is 0.125. The average molecular weight is 297 g/mol. The maximum atomic E-state index is 9.41. The highest BCUT2D eigenvalue weighted by Gasteiger charge is 2.13. The molecule has 0 saturated carbocycles. The summed E-state index contributed by atoms with van der Waals surface area (Å²) in [5, 5.41) is 18.8. The second kappa shape index (κ2) is 6.01. The molecule has 0 atom stereocenters. The van der Waals surface area contributed by atoms with Crippen LogP contribution < -0.4 is 0 Å². The smallest absolute Gasteiger partial charge is 0.191 e. The number of aromatic hydroxyl groups is 1. The minimum absolute atomic E-state index is 0.248. The molecule has 0 spiro atoms. The highest BCUT2D eigenvalue weighted by Crippen LogP contribution is 2.25. The highest BCUT2D eigenvalue weighted by atomic mass is 32.2. The van der Waals surface area contributed by atoms with Crippen LogP contribution in [-0.4, -0.2) is 26.1 Å². The molecule has 21 heavy (non-hydrogen) atoms. The molecule has 0 aliphatic heterocycles. The van der Waals surface area contributed by atoms with Crippen molar-refractivity contribution in [3.05, 3.63) is 60.2 Å². The molecular weight excluding hydrogens is 282 g/mol. The van der Waals surface area contributed by atoms with Gasteiger partial charge in [0.1, 0.15) is 5.75 Å². The van der Waals surface area contributed by atoms with Gasteiger partial charge in [-0.25, -0.2) is 0 Å². The van der Waals surface area contributed by atoms with Crippen LogP contribution in [0.3, 0.4) is 0 Å². The van der Waals surface area contributed by atoms with Gasteiger partial charge in [0.15, 0.2) is 11.0 Å². The molecule has 2 aromatic carbocycles. The third kappa shape index (κ3) is 2.92. The van der Waals surface area contributed by atoms with Gasteiger partial charge in [0.05, 0.1) is 6.54 Å². The number of phenolic OH excluding ortho intramolecular Hbond substituents is 1. The van der Waals surface area contributed by atoms with Crippen molar-refractivity contribution < 1.29 is 5.11 Å². The zero-order valence-electron chi connectivity index (χ0n) is 11.6. The van der Waals surface area contributed by atoms with E-state index in [2.05, 4.69) is 26.9 Å². The van der Waals surface area contributed by atoms with Gasteiger partial charge in [-0.05, 0) is 36.1 Å². The summed E-state index contributed by atoms with van der Waals surface area (Å²) in [5.41, 5.74) is 2.14. The largest absolute Gasteiger partial charge is 0.508 e. The minimum atomic E-state index is 0.248. The number of hydrogen-bond acceptors (Lipinski definition) is 4. The summed E-state index contributed by atoms with van der Waals surface area (Å²) < 4.78 is 2.09. The average Bonchev–Trinajstić information content (AvgIpc) is 2.92. The van der Waals surface area contributed by atoms with Crippen LogP contribution in [0.5, 0.6) is 5.75 Å². The maximum absolute atomic E-state index is 9.41. The van der Waals surface area contributed by atoms with E-state index in [1.165, 1.54) is 5.56 Å². The molecule has 0 unspecified atom stereocenters. The fourth-order valence-electron chi connectivity index (χ4n) is 2.17. The van der Waals surface area contributed by atoms with E-state index < -0.39 is 0 Å². The summed E-state index contributed by atoms with van der Waals surface area (Å²) in [5.74, 6) is 1.06. The molecule has 0 radical (unpaired) electrons. The van der Waals surface area contributed by atoms with Crippen molar-refractivity contribution >= 4 is 11.8 Å². The highest BCUT2D eigenvalue weighted by molar-refractivity contribution is 7.98. The Kier molecular flexibility index (Phi) is 3.92. The Morgan fingerprint density at radius 2 is 1.71 bits per heavy atom. The van der Waals surface area contributed by atoms with E-state index in [0.29, 0.717) is 0 Å². The summed E-state index contributed by atoms with van der Waals surface area (Å²) in [6, 6.07) is 17.3. The van der Waals surface area contributed by atoms with Crippen molar-refractivity contribution in [2.45, 2.75) is 11.7 Å². The van der Waals surface area contributed by atoms with E-state index in [-0.39, 0.29) is 5.75 Å². The van der Waals surface area contributed by atoms with Gasteiger partial charge in [-0.3, -0.25) is 4.57 Å². The molecular formula is C16H15N3OS. The molecule has 5 heteroatoms. The zero-order chi connectivity index (χ0) is 14.7. The van der Waals surface area contributed by atoms with Gasteiger partial charge in [0, 0.05) is 5.56 Å². The van der Waals surface area contributed by atoms with Gasteiger partial charge in [0.2, 0.25) is 0 Å². The number of benzene rings is 2. The maximum Gasteiger partial charge on any atom is 0.191 e. The van der Waals surface area contributed by atoms with Crippen molar-refractivity contribution in [3.8, 4) is 17.1 Å². The number of phenols is 1. The number of hydrogen-bond donors (Lipinski definition) is 1. The number of nitrogens with zero attached hydrogens (tertiary/aromatic N) is 3. The molecule has 4 nitrogen and oxygen atoms in total. The van der Waals surface area contributed by atoms with Gasteiger partial charge >= 0.3 is 0 Å². The minimum Gasteiger partial charge on any atom is -0.508 e. The Bertz CT molecular complexity index is 723. The van der Waals surface area contributed by atoms with Crippen LogP contribution in [0, 0.1) is 0 Å². The van der Waals surface area contributed by atoms with Crippen LogP contribution in [0.1, 0.15) is 5.56 Å². The zero-order valence-corrected chi connectivity index (χ0v) is 12.4. The Labute approximate surface area is 127 Å². The first-order valence-corrected chi connectivity index (χ1v) is 7.81. The molecule has 1 aromatic heterocycles. The van der Waals surface area contributed by atoms with Crippen LogP contribution in [0.15, 0.2) is 59.8 Å². The van der Waals surface area contributed by atoms with E-state index in [9.17, 15) is 5.11 Å². The topological polar surface area (TPSA) is 50.9 Å². The SMILES string of the molecule is CSc1nnc(-c2ccc(O)cc2)n1Cc1ccccc1. The lowest BCUT2D eigenvalue weighted by Crippen LogP contribution is -2.03. The fourth-order valence-corrected chi connectivity index (χ4v) is 2.67.